The summed E-state index contributed by atoms with van der Waals surface area (Å²) in [5.41, 5.74) is 5.22. The highest BCUT2D eigenvalue weighted by Crippen LogP contribution is 2.62. The Balaban J connectivity index is 1.24. The molecule has 1 saturated heterocycles. The molecule has 9 rings (SSSR count). The number of aliphatic hydroxyl groups is 2. The largest absolute Gasteiger partial charge is 0.492 e. The van der Waals surface area contributed by atoms with E-state index in [1.165, 1.54) is 0 Å². The first-order valence-corrected chi connectivity index (χ1v) is 23.7. The fourth-order valence-electron chi connectivity index (χ4n) is 10.5. The van der Waals surface area contributed by atoms with Crippen molar-refractivity contribution in [2.24, 2.45) is 22.9 Å². The number of aliphatic hydroxyl groups excluding tert-OH is 2. The predicted octanol–water partition coefficient (Wildman–Crippen LogP) is 8.16. The van der Waals surface area contributed by atoms with Crippen molar-refractivity contribution < 1.29 is 43.5 Å². The van der Waals surface area contributed by atoms with E-state index in [0.717, 1.165) is 73.3 Å². The summed E-state index contributed by atoms with van der Waals surface area (Å²) in [4.78, 5) is 26.0. The van der Waals surface area contributed by atoms with Gasteiger partial charge in [-0.25, -0.2) is 0 Å². The average Bonchev–Trinajstić information content (AvgIpc) is 4.07. The molecule has 0 spiro atoms. The molecule has 13 nitrogen and oxygen atoms in total. The second-order valence-corrected chi connectivity index (χ2v) is 18.0. The first kappa shape index (κ1) is 46.0. The minimum Gasteiger partial charge on any atom is -0.492 e. The van der Waals surface area contributed by atoms with Gasteiger partial charge in [0.25, 0.3) is 5.91 Å². The number of amides is 1. The van der Waals surface area contributed by atoms with Gasteiger partial charge in [0.15, 0.2) is 11.5 Å². The van der Waals surface area contributed by atoms with Gasteiger partial charge in [0, 0.05) is 62.9 Å². The Bertz CT molecular complexity index is 2470. The smallest absolute Gasteiger partial charge is 0.254 e. The molecule has 1 amide bonds. The van der Waals surface area contributed by atoms with Crippen LogP contribution in [0.1, 0.15) is 83.5 Å². The Hall–Kier alpha value is -6.17. The maximum Gasteiger partial charge on any atom is 0.254 e. The van der Waals surface area contributed by atoms with Gasteiger partial charge >= 0.3 is 0 Å². The molecule has 0 bridgehead atoms. The fourth-order valence-corrected chi connectivity index (χ4v) is 10.5. The molecule has 5 aliphatic rings. The van der Waals surface area contributed by atoms with Crippen LogP contribution in [0.25, 0.3) is 0 Å². The maximum absolute atomic E-state index is 15.5. The quantitative estimate of drug-likeness (QED) is 0.0340. The van der Waals surface area contributed by atoms with E-state index in [-0.39, 0.29) is 69.8 Å². The Labute approximate surface area is 392 Å². The number of oxime groups is 1. The molecule has 3 heterocycles. The lowest BCUT2D eigenvalue weighted by molar-refractivity contribution is -0.255. The first-order valence-electron chi connectivity index (χ1n) is 23.7. The zero-order valence-electron chi connectivity index (χ0n) is 38.0. The molecule has 13 heteroatoms. The molecule has 4 aromatic rings. The van der Waals surface area contributed by atoms with Crippen LogP contribution < -0.4 is 18.9 Å². The van der Waals surface area contributed by atoms with Crippen molar-refractivity contribution in [1.82, 2.24) is 9.80 Å². The summed E-state index contributed by atoms with van der Waals surface area (Å²) in [5.74, 6) is 0.222. The summed E-state index contributed by atoms with van der Waals surface area (Å²) in [5, 5.41) is 34.8. The van der Waals surface area contributed by atoms with Crippen LogP contribution in [0.5, 0.6) is 23.0 Å². The van der Waals surface area contributed by atoms with Crippen molar-refractivity contribution in [1.29, 1.82) is 5.26 Å². The minimum atomic E-state index is -1.48. The molecule has 1 saturated carbocycles. The highest BCUT2D eigenvalue weighted by molar-refractivity contribution is 6.03. The van der Waals surface area contributed by atoms with Gasteiger partial charge in [-0.05, 0) is 109 Å². The lowest BCUT2D eigenvalue weighted by Gasteiger charge is -2.60. The van der Waals surface area contributed by atoms with Gasteiger partial charge in [-0.1, -0.05) is 66.5 Å². The first-order chi connectivity index (χ1) is 32.9. The number of hydrogen-bond donors (Lipinski definition) is 2. The van der Waals surface area contributed by atoms with Crippen molar-refractivity contribution in [3.8, 4) is 29.1 Å². The number of hydrogen-bond acceptors (Lipinski definition) is 12. The van der Waals surface area contributed by atoms with E-state index in [0.29, 0.717) is 53.5 Å². The highest BCUT2D eigenvalue weighted by atomic mass is 16.7. The van der Waals surface area contributed by atoms with Crippen LogP contribution in [0, 0.1) is 29.1 Å². The second kappa shape index (κ2) is 21.2. The van der Waals surface area contributed by atoms with Gasteiger partial charge in [0.05, 0.1) is 29.9 Å². The molecular formula is C54H60N4O9. The molecular weight excluding hydrogens is 849 g/mol. The van der Waals surface area contributed by atoms with Crippen molar-refractivity contribution in [2.75, 3.05) is 52.9 Å². The van der Waals surface area contributed by atoms with Crippen LogP contribution in [0.3, 0.4) is 0 Å². The number of nitriles is 1. The Morgan fingerprint density at radius 2 is 1.70 bits per heavy atom. The number of allylic oxidation sites excluding steroid dienone is 1. The number of rotatable bonds is 22. The SMILES string of the molecule is C=CCOC12Oc3ccc(OCCN4CC4)cc3C3C(CCCCO)C(CCCCO)C=C(C(=NOCc4ccccc4)CC1N(Cc1ccc4c(c1)OCO4)C(=O)c1ccc(C#N)cc1)C32. The summed E-state index contributed by atoms with van der Waals surface area (Å²) < 4.78 is 32.7. The van der Waals surface area contributed by atoms with E-state index in [9.17, 15) is 15.5 Å². The number of ether oxygens (including phenoxy) is 5. The standard InChI is InChI=1S/C54H60N4O9/c1-2-27-65-54-50(58(53(61)40-17-14-37(33-55)15-18-40)34-39-16-20-48-49(29-39)64-36-63-48)32-46(56-66-35-38-10-4-3-5-11-38)44-30-41(12-6-8-25-59)43(13-7-9-26-60)51(52(44)54)45-31-42(19-21-47(45)67-54)62-28-24-57-22-23-57/h2-5,10-11,14-21,29-31,41,43,50-52,59-60H,1,6-9,12-13,22-28,32,34-36H2. The lowest BCUT2D eigenvalue weighted by Crippen LogP contribution is -2.70. The normalized spacial score (nSPS) is 23.8. The number of benzene rings is 4. The second-order valence-electron chi connectivity index (χ2n) is 18.0. The van der Waals surface area contributed by atoms with Crippen molar-refractivity contribution in [3.05, 3.63) is 143 Å². The average molecular weight is 909 g/mol. The molecule has 6 unspecified atom stereocenters. The zero-order valence-corrected chi connectivity index (χ0v) is 38.0. The van der Waals surface area contributed by atoms with Crippen molar-refractivity contribution in [3.63, 3.8) is 0 Å². The molecule has 0 radical (unpaired) electrons. The van der Waals surface area contributed by atoms with E-state index in [1.54, 1.807) is 30.3 Å². The van der Waals surface area contributed by atoms with Gasteiger partial charge in [-0.2, -0.15) is 5.26 Å². The van der Waals surface area contributed by atoms with Gasteiger partial charge < -0.3 is 43.6 Å². The molecule has 6 atom stereocenters. The van der Waals surface area contributed by atoms with Crippen molar-refractivity contribution in [2.45, 2.75) is 75.8 Å². The maximum atomic E-state index is 15.5. The van der Waals surface area contributed by atoms with Crippen molar-refractivity contribution >= 4 is 11.6 Å². The third-order valence-corrected chi connectivity index (χ3v) is 13.8. The number of nitrogens with zero attached hydrogens (tertiary/aromatic N) is 4. The number of carbonyl (C=O) groups is 1. The van der Waals surface area contributed by atoms with E-state index in [1.807, 2.05) is 65.6 Å². The molecule has 2 fully saturated rings. The summed E-state index contributed by atoms with van der Waals surface area (Å²) in [7, 11) is 0. The molecule has 350 valence electrons. The molecule has 3 aliphatic heterocycles. The van der Waals surface area contributed by atoms with Crippen LogP contribution in [0.2, 0.25) is 0 Å². The summed E-state index contributed by atoms with van der Waals surface area (Å²) in [6, 6.07) is 29.7. The summed E-state index contributed by atoms with van der Waals surface area (Å²) in [6.45, 7) is 8.44. The van der Waals surface area contributed by atoms with E-state index in [2.05, 4.69) is 29.7 Å². The van der Waals surface area contributed by atoms with Gasteiger partial charge in [-0.15, -0.1) is 6.58 Å². The third kappa shape index (κ3) is 10.1. The number of carbonyl (C=O) groups excluding carboxylic acids is 1. The molecule has 2 aliphatic carbocycles. The third-order valence-electron chi connectivity index (χ3n) is 13.8. The predicted molar refractivity (Wildman–Crippen MR) is 252 cm³/mol. The number of fused-ring (bicyclic) bond motifs is 3. The summed E-state index contributed by atoms with van der Waals surface area (Å²) in [6.07, 6.45) is 8.85. The van der Waals surface area contributed by atoms with E-state index < -0.39 is 17.7 Å². The topological polar surface area (TPSA) is 155 Å². The Morgan fingerprint density at radius 1 is 0.925 bits per heavy atom. The van der Waals surface area contributed by atoms with Crippen LogP contribution in [-0.2, 0) is 22.7 Å². The lowest BCUT2D eigenvalue weighted by atomic mass is 9.55. The van der Waals surface area contributed by atoms with E-state index >= 15 is 4.79 Å². The van der Waals surface area contributed by atoms with Gasteiger partial charge in [0.1, 0.15) is 30.8 Å². The number of unbranched alkanes of at least 4 members (excludes halogenated alkanes) is 2. The van der Waals surface area contributed by atoms with Gasteiger partial charge in [0.2, 0.25) is 12.6 Å². The minimum absolute atomic E-state index is 0.0444. The Morgan fingerprint density at radius 3 is 2.46 bits per heavy atom. The zero-order chi connectivity index (χ0) is 46.2. The molecule has 0 aromatic heterocycles. The fraction of sp³-hybridized carbons (Fsp3) is 0.426. The monoisotopic (exact) mass is 908 g/mol. The van der Waals surface area contributed by atoms with Crippen LogP contribution in [-0.4, -0.2) is 96.3 Å². The molecule has 67 heavy (non-hydrogen) atoms. The highest BCUT2D eigenvalue weighted by Gasteiger charge is 2.65. The molecule has 2 N–H and O–H groups in total. The van der Waals surface area contributed by atoms with E-state index in [4.69, 9.17) is 33.7 Å². The van der Waals surface area contributed by atoms with Gasteiger partial charge in [-0.3, -0.25) is 9.69 Å². The summed E-state index contributed by atoms with van der Waals surface area (Å²) >= 11 is 0. The van der Waals surface area contributed by atoms with Crippen LogP contribution in [0.15, 0.2) is 120 Å². The van der Waals surface area contributed by atoms with Crippen LogP contribution in [0.4, 0.5) is 0 Å². The van der Waals surface area contributed by atoms with Crippen LogP contribution >= 0.6 is 0 Å². The Kier molecular flexibility index (Phi) is 14.5. The molecule has 4 aromatic carbocycles.